The third-order valence-corrected chi connectivity index (χ3v) is 3.91. The van der Waals surface area contributed by atoms with Crippen LogP contribution >= 0.6 is 28.1 Å². The zero-order chi connectivity index (χ0) is 11.7. The first kappa shape index (κ1) is 12.0. The summed E-state index contributed by atoms with van der Waals surface area (Å²) in [4.78, 5) is 3.14. The van der Waals surface area contributed by atoms with E-state index >= 15 is 0 Å². The molecule has 1 unspecified atom stereocenters. The lowest BCUT2D eigenvalue weighted by Gasteiger charge is -2.02. The van der Waals surface area contributed by atoms with Crippen molar-refractivity contribution in [3.05, 3.63) is 27.4 Å². The molecule has 0 bridgehead atoms. The van der Waals surface area contributed by atoms with Gasteiger partial charge in [0.15, 0.2) is 4.77 Å². The summed E-state index contributed by atoms with van der Waals surface area (Å²) in [5.74, 6) is 0.619. The average molecular weight is 319 g/mol. The van der Waals surface area contributed by atoms with Crippen LogP contribution in [0.4, 0.5) is 0 Å². The highest BCUT2D eigenvalue weighted by Crippen LogP contribution is 2.19. The molecule has 0 saturated carbocycles. The Labute approximate surface area is 109 Å². The van der Waals surface area contributed by atoms with E-state index in [0.717, 1.165) is 15.5 Å². The number of hydrogen-bond acceptors (Lipinski definition) is 2. The van der Waals surface area contributed by atoms with Gasteiger partial charge in [0.2, 0.25) is 0 Å². The molecule has 2 aromatic rings. The predicted molar refractivity (Wildman–Crippen MR) is 73.8 cm³/mol. The van der Waals surface area contributed by atoms with E-state index in [1.165, 1.54) is 0 Å². The lowest BCUT2D eigenvalue weighted by molar-refractivity contribution is 0.678. The molecule has 1 heterocycles. The summed E-state index contributed by atoms with van der Waals surface area (Å²) in [6, 6.07) is 5.96. The zero-order valence-electron chi connectivity index (χ0n) is 8.70. The van der Waals surface area contributed by atoms with Gasteiger partial charge >= 0.3 is 0 Å². The molecule has 86 valence electrons. The summed E-state index contributed by atoms with van der Waals surface area (Å²) in [6.07, 6.45) is 1.70. The Morgan fingerprint density at radius 1 is 1.56 bits per heavy atom. The maximum absolute atomic E-state index is 11.1. The van der Waals surface area contributed by atoms with E-state index in [0.29, 0.717) is 17.1 Å². The van der Waals surface area contributed by atoms with E-state index in [1.807, 2.05) is 22.8 Å². The van der Waals surface area contributed by atoms with Crippen molar-refractivity contribution < 1.29 is 4.21 Å². The molecule has 6 heteroatoms. The summed E-state index contributed by atoms with van der Waals surface area (Å²) in [6.45, 7) is 0.679. The number of hydrogen-bond donors (Lipinski definition) is 1. The SMILES string of the molecule is CS(=O)CCn1c(=S)[nH]c2ccc(Br)cc21. The van der Waals surface area contributed by atoms with Crippen molar-refractivity contribution in [2.24, 2.45) is 0 Å². The molecule has 0 radical (unpaired) electrons. The van der Waals surface area contributed by atoms with Crippen molar-refractivity contribution >= 4 is 50.0 Å². The molecule has 0 aliphatic heterocycles. The normalized spacial score (nSPS) is 13.1. The van der Waals surface area contributed by atoms with Crippen molar-refractivity contribution in [3.63, 3.8) is 0 Å². The quantitative estimate of drug-likeness (QED) is 0.884. The van der Waals surface area contributed by atoms with Crippen molar-refractivity contribution in [1.29, 1.82) is 0 Å². The molecule has 1 N–H and O–H groups in total. The standard InChI is InChI=1S/C10H11BrN2OS2/c1-16(14)5-4-13-9-6-7(11)2-3-8(9)12-10(13)15/h2-3,6H,4-5H2,1H3,(H,12,15). The minimum atomic E-state index is -0.799. The fourth-order valence-electron chi connectivity index (χ4n) is 1.57. The summed E-state index contributed by atoms with van der Waals surface area (Å²) in [5, 5.41) is 0. The van der Waals surface area contributed by atoms with Crippen LogP contribution in [0.15, 0.2) is 22.7 Å². The van der Waals surface area contributed by atoms with Crippen molar-refractivity contribution in [2.75, 3.05) is 12.0 Å². The van der Waals surface area contributed by atoms with Crippen LogP contribution in [0.2, 0.25) is 0 Å². The summed E-state index contributed by atoms with van der Waals surface area (Å²) in [5.41, 5.74) is 2.06. The van der Waals surface area contributed by atoms with Crippen LogP contribution in [-0.2, 0) is 17.3 Å². The molecule has 1 aromatic heterocycles. The van der Waals surface area contributed by atoms with Gasteiger partial charge in [0.25, 0.3) is 0 Å². The van der Waals surface area contributed by atoms with Gasteiger partial charge in [-0.25, -0.2) is 0 Å². The van der Waals surface area contributed by atoms with Gasteiger partial charge in [0.1, 0.15) is 0 Å². The van der Waals surface area contributed by atoms with E-state index < -0.39 is 10.8 Å². The summed E-state index contributed by atoms with van der Waals surface area (Å²) >= 11 is 8.68. The monoisotopic (exact) mass is 318 g/mol. The topological polar surface area (TPSA) is 37.8 Å². The highest BCUT2D eigenvalue weighted by molar-refractivity contribution is 9.10. The van der Waals surface area contributed by atoms with Crippen LogP contribution in [0.5, 0.6) is 0 Å². The lowest BCUT2D eigenvalue weighted by Crippen LogP contribution is -2.06. The number of halogens is 1. The number of benzene rings is 1. The van der Waals surface area contributed by atoms with Crippen LogP contribution in [-0.4, -0.2) is 25.8 Å². The molecular formula is C10H11BrN2OS2. The second-order valence-electron chi connectivity index (χ2n) is 3.52. The number of H-pyrrole nitrogens is 1. The van der Waals surface area contributed by atoms with Crippen LogP contribution in [0.3, 0.4) is 0 Å². The van der Waals surface area contributed by atoms with Gasteiger partial charge in [-0.1, -0.05) is 15.9 Å². The summed E-state index contributed by atoms with van der Waals surface area (Å²) < 4.78 is 14.8. The van der Waals surface area contributed by atoms with Crippen molar-refractivity contribution in [2.45, 2.75) is 6.54 Å². The molecule has 2 rings (SSSR count). The van der Waals surface area contributed by atoms with Gasteiger partial charge in [0, 0.05) is 33.8 Å². The van der Waals surface area contributed by atoms with Gasteiger partial charge in [-0.05, 0) is 30.4 Å². The smallest absolute Gasteiger partial charge is 0.178 e. The zero-order valence-corrected chi connectivity index (χ0v) is 11.9. The lowest BCUT2D eigenvalue weighted by atomic mass is 10.3. The fraction of sp³-hybridized carbons (Fsp3) is 0.300. The number of nitrogens with one attached hydrogen (secondary N) is 1. The molecule has 0 spiro atoms. The minimum absolute atomic E-state index is 0.619. The van der Waals surface area contributed by atoms with E-state index in [4.69, 9.17) is 12.2 Å². The number of imidazole rings is 1. The molecule has 16 heavy (non-hydrogen) atoms. The predicted octanol–water partition coefficient (Wildman–Crippen LogP) is 2.84. The second-order valence-corrected chi connectivity index (χ2v) is 6.38. The average Bonchev–Trinajstić information content (AvgIpc) is 2.51. The molecule has 0 fully saturated rings. The van der Waals surface area contributed by atoms with E-state index in [1.54, 1.807) is 6.26 Å². The van der Waals surface area contributed by atoms with Gasteiger partial charge in [0.05, 0.1) is 11.0 Å². The van der Waals surface area contributed by atoms with Gasteiger partial charge in [-0.2, -0.15) is 0 Å². The number of fused-ring (bicyclic) bond motifs is 1. The summed E-state index contributed by atoms with van der Waals surface area (Å²) in [7, 11) is -0.799. The van der Waals surface area contributed by atoms with Crippen LogP contribution in [0, 0.1) is 4.77 Å². The maximum Gasteiger partial charge on any atom is 0.178 e. The number of aromatic amines is 1. The molecular weight excluding hydrogens is 308 g/mol. The van der Waals surface area contributed by atoms with Crippen molar-refractivity contribution in [3.8, 4) is 0 Å². The fourth-order valence-corrected chi connectivity index (χ4v) is 2.66. The molecule has 0 saturated heterocycles. The van der Waals surface area contributed by atoms with Gasteiger partial charge in [-0.3, -0.25) is 4.21 Å². The second kappa shape index (κ2) is 4.81. The Morgan fingerprint density at radius 2 is 2.31 bits per heavy atom. The largest absolute Gasteiger partial charge is 0.331 e. The van der Waals surface area contributed by atoms with Crippen molar-refractivity contribution in [1.82, 2.24) is 9.55 Å². The Morgan fingerprint density at radius 3 is 3.00 bits per heavy atom. The van der Waals surface area contributed by atoms with E-state index in [9.17, 15) is 4.21 Å². The third-order valence-electron chi connectivity index (χ3n) is 2.34. The Kier molecular flexibility index (Phi) is 3.61. The molecule has 0 aliphatic rings. The van der Waals surface area contributed by atoms with Gasteiger partial charge in [-0.15, -0.1) is 0 Å². The molecule has 0 aliphatic carbocycles. The molecule has 1 aromatic carbocycles. The molecule has 0 amide bonds. The molecule has 3 nitrogen and oxygen atoms in total. The van der Waals surface area contributed by atoms with E-state index in [-0.39, 0.29) is 0 Å². The van der Waals surface area contributed by atoms with Crippen LogP contribution < -0.4 is 0 Å². The third kappa shape index (κ3) is 2.44. The molecule has 1 atom stereocenters. The van der Waals surface area contributed by atoms with E-state index in [2.05, 4.69) is 20.9 Å². The highest BCUT2D eigenvalue weighted by atomic mass is 79.9. The first-order valence-corrected chi connectivity index (χ1v) is 7.69. The number of rotatable bonds is 3. The Bertz CT molecular complexity index is 602. The minimum Gasteiger partial charge on any atom is -0.331 e. The van der Waals surface area contributed by atoms with Gasteiger partial charge < -0.3 is 9.55 Å². The first-order valence-electron chi connectivity index (χ1n) is 4.76. The Hall–Kier alpha value is -0.460. The maximum atomic E-state index is 11.1. The van der Waals surface area contributed by atoms with Crippen LogP contribution in [0.25, 0.3) is 11.0 Å². The Balaban J connectivity index is 2.50. The highest BCUT2D eigenvalue weighted by Gasteiger charge is 2.05. The number of aryl methyl sites for hydroxylation is 1. The number of nitrogens with zero attached hydrogens (tertiary/aromatic N) is 1. The number of aromatic nitrogens is 2. The van der Waals surface area contributed by atoms with Crippen LogP contribution in [0.1, 0.15) is 0 Å². The first-order chi connectivity index (χ1) is 7.58.